The molecule has 0 bridgehead atoms. The molecular weight excluding hydrogens is 350 g/mol. The number of furan rings is 1. The van der Waals surface area contributed by atoms with Crippen molar-refractivity contribution in [2.24, 2.45) is 5.92 Å². The summed E-state index contributed by atoms with van der Waals surface area (Å²) in [5, 5.41) is 10.3. The van der Waals surface area contributed by atoms with Crippen molar-refractivity contribution in [2.75, 3.05) is 26.3 Å². The van der Waals surface area contributed by atoms with Gasteiger partial charge in [0.25, 0.3) is 0 Å². The highest BCUT2D eigenvalue weighted by Gasteiger charge is 2.31. The van der Waals surface area contributed by atoms with Crippen LogP contribution in [0, 0.1) is 5.92 Å². The Balaban J connectivity index is 1.78. The number of hydrogen-bond acceptors (Lipinski definition) is 6. The number of benzene rings is 1. The molecule has 1 aromatic carbocycles. The molecule has 0 spiro atoms. The lowest BCUT2D eigenvalue weighted by Gasteiger charge is -2.27. The minimum absolute atomic E-state index is 0.0501. The number of aromatic hydroxyl groups is 1. The number of nitrogens with one attached hydrogen (secondary N) is 1. The Labute approximate surface area is 157 Å². The summed E-state index contributed by atoms with van der Waals surface area (Å²) in [4.78, 5) is 25.6. The molecule has 0 saturated carbocycles. The first-order chi connectivity index (χ1) is 13.0. The van der Waals surface area contributed by atoms with Crippen LogP contribution in [0.4, 0.5) is 0 Å². The first kappa shape index (κ1) is 19.2. The van der Waals surface area contributed by atoms with Crippen molar-refractivity contribution in [1.29, 1.82) is 0 Å². The van der Waals surface area contributed by atoms with Crippen LogP contribution in [-0.4, -0.2) is 43.3 Å². The van der Waals surface area contributed by atoms with E-state index in [-0.39, 0.29) is 24.2 Å². The fourth-order valence-corrected chi connectivity index (χ4v) is 3.61. The molecule has 0 amide bonds. The van der Waals surface area contributed by atoms with Gasteiger partial charge in [-0.3, -0.25) is 4.79 Å². The highest BCUT2D eigenvalue weighted by Crippen LogP contribution is 2.29. The minimum atomic E-state index is -0.447. The third-order valence-electron chi connectivity index (χ3n) is 4.95. The monoisotopic (exact) mass is 376 g/mol. The van der Waals surface area contributed by atoms with Crippen LogP contribution in [0.3, 0.4) is 0 Å². The third-order valence-corrected chi connectivity index (χ3v) is 4.95. The largest absolute Gasteiger partial charge is 0.508 e. The van der Waals surface area contributed by atoms with Gasteiger partial charge in [0.05, 0.1) is 32.2 Å². The smallest absolute Gasteiger partial charge is 0.342 e. The fourth-order valence-electron chi connectivity index (χ4n) is 3.61. The van der Waals surface area contributed by atoms with Crippen LogP contribution in [-0.2, 0) is 20.8 Å². The number of esters is 2. The van der Waals surface area contributed by atoms with Gasteiger partial charge in [0.1, 0.15) is 23.4 Å². The van der Waals surface area contributed by atoms with Gasteiger partial charge in [-0.15, -0.1) is 0 Å². The van der Waals surface area contributed by atoms with E-state index >= 15 is 0 Å². The molecule has 1 aliphatic rings. The third kappa shape index (κ3) is 4.24. The average Bonchev–Trinajstić information content (AvgIpc) is 2.99. The first-order valence-electron chi connectivity index (χ1n) is 9.45. The van der Waals surface area contributed by atoms with Gasteiger partial charge in [0.2, 0.25) is 0 Å². The number of ether oxygens (including phenoxy) is 2. The maximum absolute atomic E-state index is 12.5. The summed E-state index contributed by atoms with van der Waals surface area (Å²) in [6.07, 6.45) is 1.51. The zero-order chi connectivity index (χ0) is 19.4. The van der Waals surface area contributed by atoms with Gasteiger partial charge in [-0.1, -0.05) is 0 Å². The predicted octanol–water partition coefficient (Wildman–Crippen LogP) is 1.67. The van der Waals surface area contributed by atoms with Gasteiger partial charge in [-0.05, 0) is 32.0 Å². The number of piperidine rings is 1. The molecule has 1 aromatic heterocycles. The van der Waals surface area contributed by atoms with Crippen molar-refractivity contribution >= 4 is 22.9 Å². The van der Waals surface area contributed by atoms with Crippen molar-refractivity contribution in [3.8, 4) is 5.75 Å². The molecule has 0 unspecified atom stereocenters. The van der Waals surface area contributed by atoms with E-state index in [0.29, 0.717) is 35.4 Å². The summed E-state index contributed by atoms with van der Waals surface area (Å²) < 4.78 is 16.2. The molecular formula is C20H26NO6+. The van der Waals surface area contributed by atoms with Crippen molar-refractivity contribution < 1.29 is 33.5 Å². The van der Waals surface area contributed by atoms with E-state index in [2.05, 4.69) is 0 Å². The molecule has 7 heteroatoms. The molecule has 0 radical (unpaired) electrons. The van der Waals surface area contributed by atoms with Crippen LogP contribution in [0.15, 0.2) is 22.6 Å². The van der Waals surface area contributed by atoms with Gasteiger partial charge in [-0.2, -0.15) is 0 Å². The van der Waals surface area contributed by atoms with Crippen molar-refractivity contribution in [1.82, 2.24) is 0 Å². The molecule has 2 aromatic rings. The van der Waals surface area contributed by atoms with Crippen LogP contribution in [0.25, 0.3) is 11.0 Å². The lowest BCUT2D eigenvalue weighted by atomic mass is 9.97. The topological polar surface area (TPSA) is 90.4 Å². The van der Waals surface area contributed by atoms with E-state index in [1.807, 2.05) is 6.92 Å². The second-order valence-electron chi connectivity index (χ2n) is 6.75. The highest BCUT2D eigenvalue weighted by atomic mass is 16.5. The van der Waals surface area contributed by atoms with E-state index in [0.717, 1.165) is 25.9 Å². The Morgan fingerprint density at radius 1 is 1.19 bits per heavy atom. The second-order valence-corrected chi connectivity index (χ2v) is 6.75. The number of quaternary nitrogens is 1. The number of hydrogen-bond donors (Lipinski definition) is 2. The molecule has 1 fully saturated rings. The number of carbonyl (C=O) groups excluding carboxylic acids is 2. The van der Waals surface area contributed by atoms with Crippen LogP contribution >= 0.6 is 0 Å². The standard InChI is InChI=1S/C20H25NO6/c1-3-25-19(23)13-7-9-21(10-8-13)12-17-18(20(24)26-4-2)15-11-14(22)5-6-16(15)27-17/h5-6,11,13,22H,3-4,7-10,12H2,1-2H3/p+1. The van der Waals surface area contributed by atoms with E-state index in [4.69, 9.17) is 13.9 Å². The van der Waals surface area contributed by atoms with Crippen LogP contribution in [0.2, 0.25) is 0 Å². The maximum Gasteiger partial charge on any atom is 0.342 e. The lowest BCUT2D eigenvalue weighted by Crippen LogP contribution is -3.11. The predicted molar refractivity (Wildman–Crippen MR) is 97.6 cm³/mol. The molecule has 3 rings (SSSR count). The number of carbonyl (C=O) groups is 2. The van der Waals surface area contributed by atoms with Gasteiger partial charge in [0, 0.05) is 18.2 Å². The van der Waals surface area contributed by atoms with Crippen molar-refractivity contribution in [2.45, 2.75) is 33.2 Å². The molecule has 1 aliphatic heterocycles. The van der Waals surface area contributed by atoms with E-state index in [1.165, 1.54) is 17.0 Å². The normalized spacial score (nSPS) is 19.8. The molecule has 146 valence electrons. The lowest BCUT2D eigenvalue weighted by molar-refractivity contribution is -0.920. The summed E-state index contributed by atoms with van der Waals surface area (Å²) in [6, 6.07) is 4.71. The Bertz CT molecular complexity index is 819. The maximum atomic E-state index is 12.5. The molecule has 2 N–H and O–H groups in total. The van der Waals surface area contributed by atoms with Crippen LogP contribution in [0.1, 0.15) is 42.8 Å². The summed E-state index contributed by atoms with van der Waals surface area (Å²) in [7, 11) is 0. The fraction of sp³-hybridized carbons (Fsp3) is 0.500. The van der Waals surface area contributed by atoms with Crippen molar-refractivity contribution in [3.63, 3.8) is 0 Å². The molecule has 27 heavy (non-hydrogen) atoms. The SMILES string of the molecule is CCOC(=O)c1c(C[NH+]2CCC(C(=O)OCC)CC2)oc2ccc(O)cc12. The minimum Gasteiger partial charge on any atom is -0.508 e. The van der Waals surface area contributed by atoms with Crippen molar-refractivity contribution in [3.05, 3.63) is 29.5 Å². The molecule has 1 saturated heterocycles. The summed E-state index contributed by atoms with van der Waals surface area (Å²) in [5.74, 6) is 0.00751. The van der Waals surface area contributed by atoms with Gasteiger partial charge in [0.15, 0.2) is 5.76 Å². The van der Waals surface area contributed by atoms with Gasteiger partial charge < -0.3 is 23.9 Å². The Morgan fingerprint density at radius 2 is 1.89 bits per heavy atom. The van der Waals surface area contributed by atoms with Gasteiger partial charge in [-0.25, -0.2) is 4.79 Å². The zero-order valence-corrected chi connectivity index (χ0v) is 15.7. The van der Waals surface area contributed by atoms with E-state index in [9.17, 15) is 14.7 Å². The average molecular weight is 376 g/mol. The molecule has 2 heterocycles. The first-order valence-corrected chi connectivity index (χ1v) is 9.45. The number of phenolic OH excluding ortho intramolecular Hbond substituents is 1. The number of fused-ring (bicyclic) bond motifs is 1. The highest BCUT2D eigenvalue weighted by molar-refractivity contribution is 6.04. The van der Waals surface area contributed by atoms with Gasteiger partial charge >= 0.3 is 11.9 Å². The Kier molecular flexibility index (Phi) is 6.01. The molecule has 0 aliphatic carbocycles. The number of phenols is 1. The number of likely N-dealkylation sites (tertiary alicyclic amines) is 1. The summed E-state index contributed by atoms with van der Waals surface area (Å²) in [6.45, 7) is 6.36. The zero-order valence-electron chi connectivity index (χ0n) is 15.7. The molecule has 0 atom stereocenters. The summed E-state index contributed by atoms with van der Waals surface area (Å²) in [5.41, 5.74) is 0.925. The summed E-state index contributed by atoms with van der Waals surface area (Å²) >= 11 is 0. The van der Waals surface area contributed by atoms with Crippen LogP contribution in [0.5, 0.6) is 5.75 Å². The second kappa shape index (κ2) is 8.43. The number of rotatable bonds is 6. The van der Waals surface area contributed by atoms with E-state index in [1.54, 1.807) is 13.0 Å². The Morgan fingerprint density at radius 3 is 2.56 bits per heavy atom. The quantitative estimate of drug-likeness (QED) is 0.746. The Hall–Kier alpha value is -2.54. The van der Waals surface area contributed by atoms with E-state index < -0.39 is 5.97 Å². The molecule has 7 nitrogen and oxygen atoms in total. The van der Waals surface area contributed by atoms with Crippen LogP contribution < -0.4 is 4.90 Å².